The van der Waals surface area contributed by atoms with E-state index in [1.54, 1.807) is 48.3 Å². The minimum absolute atomic E-state index is 0.0305. The number of nitrogens with zero attached hydrogens (tertiary/aromatic N) is 2. The average molecular weight is 465 g/mol. The fourth-order valence-corrected chi connectivity index (χ4v) is 5.30. The predicted octanol–water partition coefficient (Wildman–Crippen LogP) is 3.89. The summed E-state index contributed by atoms with van der Waals surface area (Å²) in [7, 11) is -1.78. The maximum atomic E-state index is 13.0. The molecule has 0 N–H and O–H groups in total. The van der Waals surface area contributed by atoms with Gasteiger partial charge in [-0.1, -0.05) is 17.7 Å². The van der Waals surface area contributed by atoms with E-state index in [9.17, 15) is 13.2 Å². The van der Waals surface area contributed by atoms with Crippen molar-refractivity contribution in [3.63, 3.8) is 0 Å². The van der Waals surface area contributed by atoms with Gasteiger partial charge in [0.25, 0.3) is 0 Å². The molecule has 1 amide bonds. The summed E-state index contributed by atoms with van der Waals surface area (Å²) in [5.74, 6) is 0.560. The summed E-state index contributed by atoms with van der Waals surface area (Å²) in [6.07, 6.45) is 1.04. The van der Waals surface area contributed by atoms with E-state index in [0.29, 0.717) is 54.8 Å². The van der Waals surface area contributed by atoms with Gasteiger partial charge in [0.15, 0.2) is 0 Å². The Morgan fingerprint density at radius 2 is 1.74 bits per heavy atom. The van der Waals surface area contributed by atoms with Crippen molar-refractivity contribution in [3.8, 4) is 5.75 Å². The molecule has 1 fully saturated rings. The average Bonchev–Trinajstić information content (AvgIpc) is 2.76. The Bertz CT molecular complexity index is 1020. The van der Waals surface area contributed by atoms with E-state index in [-0.39, 0.29) is 11.8 Å². The molecule has 0 unspecified atom stereocenters. The first kappa shape index (κ1) is 23.6. The number of ether oxygens (including phenoxy) is 1. The number of hydrogen-bond acceptors (Lipinski definition) is 4. The van der Waals surface area contributed by atoms with Crippen molar-refractivity contribution in [2.24, 2.45) is 5.92 Å². The Kier molecular flexibility index (Phi) is 7.62. The van der Waals surface area contributed by atoms with E-state index in [1.165, 1.54) is 4.31 Å². The van der Waals surface area contributed by atoms with Gasteiger partial charge in [-0.3, -0.25) is 4.79 Å². The monoisotopic (exact) mass is 464 g/mol. The van der Waals surface area contributed by atoms with E-state index < -0.39 is 10.0 Å². The second-order valence-corrected chi connectivity index (χ2v) is 10.4. The lowest BCUT2D eigenvalue weighted by Crippen LogP contribution is -2.44. The molecule has 1 aliphatic rings. The first-order valence-corrected chi connectivity index (χ1v) is 12.2. The quantitative estimate of drug-likeness (QED) is 0.623. The highest BCUT2D eigenvalue weighted by Gasteiger charge is 2.33. The van der Waals surface area contributed by atoms with Gasteiger partial charge in [0.1, 0.15) is 12.4 Å². The van der Waals surface area contributed by atoms with Gasteiger partial charge in [-0.2, -0.15) is 4.31 Å². The van der Waals surface area contributed by atoms with E-state index in [1.807, 2.05) is 19.9 Å². The molecular formula is C23H29ClN2O4S. The third-order valence-electron chi connectivity index (χ3n) is 5.80. The Hall–Kier alpha value is -2.09. The van der Waals surface area contributed by atoms with Crippen LogP contribution in [0.1, 0.15) is 24.0 Å². The molecule has 1 aliphatic heterocycles. The first-order chi connectivity index (χ1) is 14.7. The van der Waals surface area contributed by atoms with Gasteiger partial charge in [0.05, 0.1) is 11.4 Å². The Balaban J connectivity index is 1.50. The molecule has 1 heterocycles. The zero-order valence-corrected chi connectivity index (χ0v) is 19.7. The molecular weight excluding hydrogens is 436 g/mol. The van der Waals surface area contributed by atoms with Crippen LogP contribution in [0.5, 0.6) is 5.75 Å². The molecule has 2 aromatic rings. The summed E-state index contributed by atoms with van der Waals surface area (Å²) < 4.78 is 33.1. The number of hydrogen-bond donors (Lipinski definition) is 0. The topological polar surface area (TPSA) is 66.9 Å². The van der Waals surface area contributed by atoms with Crippen molar-refractivity contribution >= 4 is 27.5 Å². The van der Waals surface area contributed by atoms with Crippen LogP contribution < -0.4 is 4.74 Å². The van der Waals surface area contributed by atoms with Gasteiger partial charge in [-0.25, -0.2) is 8.42 Å². The summed E-state index contributed by atoms with van der Waals surface area (Å²) in [5, 5.41) is 0.644. The second kappa shape index (κ2) is 10.0. The van der Waals surface area contributed by atoms with Gasteiger partial charge in [-0.15, -0.1) is 0 Å². The highest BCUT2D eigenvalue weighted by molar-refractivity contribution is 7.89. The zero-order chi connectivity index (χ0) is 22.6. The van der Waals surface area contributed by atoms with Gasteiger partial charge in [0, 0.05) is 31.1 Å². The highest BCUT2D eigenvalue weighted by Crippen LogP contribution is 2.26. The first-order valence-electron chi connectivity index (χ1n) is 10.4. The van der Waals surface area contributed by atoms with E-state index in [0.717, 1.165) is 11.1 Å². The Morgan fingerprint density at radius 3 is 2.35 bits per heavy atom. The molecule has 0 aromatic heterocycles. The minimum atomic E-state index is -3.54. The van der Waals surface area contributed by atoms with Crippen molar-refractivity contribution < 1.29 is 17.9 Å². The van der Waals surface area contributed by atoms with Crippen molar-refractivity contribution in [3.05, 3.63) is 58.6 Å². The largest absolute Gasteiger partial charge is 0.492 e. The van der Waals surface area contributed by atoms with Crippen LogP contribution in [0.15, 0.2) is 47.4 Å². The number of aryl methyl sites for hydroxylation is 2. The summed E-state index contributed by atoms with van der Waals surface area (Å²) >= 11 is 5.86. The Labute approximate surface area is 189 Å². The van der Waals surface area contributed by atoms with Crippen LogP contribution in [0.25, 0.3) is 0 Å². The van der Waals surface area contributed by atoms with Gasteiger partial charge in [0.2, 0.25) is 15.9 Å². The summed E-state index contributed by atoms with van der Waals surface area (Å²) in [6, 6.07) is 12.3. The lowest BCUT2D eigenvalue weighted by atomic mass is 9.97. The van der Waals surface area contributed by atoms with Crippen LogP contribution in [-0.2, 0) is 14.8 Å². The molecule has 31 heavy (non-hydrogen) atoms. The van der Waals surface area contributed by atoms with E-state index in [2.05, 4.69) is 0 Å². The maximum Gasteiger partial charge on any atom is 0.243 e. The van der Waals surface area contributed by atoms with Crippen LogP contribution in [0.2, 0.25) is 5.02 Å². The zero-order valence-electron chi connectivity index (χ0n) is 18.2. The summed E-state index contributed by atoms with van der Waals surface area (Å²) in [5.41, 5.74) is 2.01. The smallest absolute Gasteiger partial charge is 0.243 e. The normalized spacial score (nSPS) is 15.6. The van der Waals surface area contributed by atoms with Gasteiger partial charge < -0.3 is 9.64 Å². The molecule has 0 bridgehead atoms. The van der Waals surface area contributed by atoms with Crippen LogP contribution in [0.3, 0.4) is 0 Å². The fraction of sp³-hybridized carbons (Fsp3) is 0.435. The number of carbonyl (C=O) groups is 1. The molecule has 1 saturated heterocycles. The van der Waals surface area contributed by atoms with Crippen molar-refractivity contribution in [1.29, 1.82) is 0 Å². The van der Waals surface area contributed by atoms with Crippen LogP contribution in [0, 0.1) is 19.8 Å². The van der Waals surface area contributed by atoms with Crippen LogP contribution in [0.4, 0.5) is 0 Å². The molecule has 0 saturated carbocycles. The van der Waals surface area contributed by atoms with Gasteiger partial charge in [-0.05, 0) is 74.2 Å². The lowest BCUT2D eigenvalue weighted by Gasteiger charge is -2.32. The molecule has 0 aliphatic carbocycles. The molecule has 3 rings (SSSR count). The molecule has 2 aromatic carbocycles. The number of rotatable bonds is 7. The van der Waals surface area contributed by atoms with E-state index in [4.69, 9.17) is 16.3 Å². The molecule has 0 atom stereocenters. The summed E-state index contributed by atoms with van der Waals surface area (Å²) in [6.45, 7) is 5.40. The molecule has 168 valence electrons. The number of carbonyl (C=O) groups excluding carboxylic acids is 1. The number of halogens is 1. The molecule has 0 radical (unpaired) electrons. The SMILES string of the molecule is Cc1ccc(S(=O)(=O)N2CCC(C(=O)N(C)CCOc3ccc(Cl)cc3)CC2)cc1C. The standard InChI is InChI=1S/C23H29ClN2O4S/c1-17-4-9-22(16-18(17)2)31(28,29)26-12-10-19(11-13-26)23(27)25(3)14-15-30-21-7-5-20(24)6-8-21/h4-9,16,19H,10-15H2,1-3H3. The van der Waals surface area contributed by atoms with Gasteiger partial charge >= 0.3 is 0 Å². The molecule has 0 spiro atoms. The summed E-state index contributed by atoms with van der Waals surface area (Å²) in [4.78, 5) is 14.8. The predicted molar refractivity (Wildman–Crippen MR) is 122 cm³/mol. The lowest BCUT2D eigenvalue weighted by molar-refractivity contribution is -0.135. The third-order valence-corrected chi connectivity index (χ3v) is 7.95. The third kappa shape index (κ3) is 5.79. The van der Waals surface area contributed by atoms with Crippen molar-refractivity contribution in [2.45, 2.75) is 31.6 Å². The number of benzene rings is 2. The number of piperidine rings is 1. The second-order valence-electron chi connectivity index (χ2n) is 7.99. The Morgan fingerprint density at radius 1 is 1.10 bits per heavy atom. The van der Waals surface area contributed by atoms with Crippen molar-refractivity contribution in [2.75, 3.05) is 33.3 Å². The molecule has 8 heteroatoms. The van der Waals surface area contributed by atoms with Crippen LogP contribution in [-0.4, -0.2) is 56.8 Å². The maximum absolute atomic E-state index is 13.0. The minimum Gasteiger partial charge on any atom is -0.492 e. The number of sulfonamides is 1. The highest BCUT2D eigenvalue weighted by atomic mass is 35.5. The van der Waals surface area contributed by atoms with Crippen molar-refractivity contribution in [1.82, 2.24) is 9.21 Å². The fourth-order valence-electron chi connectivity index (χ4n) is 3.62. The van der Waals surface area contributed by atoms with E-state index >= 15 is 0 Å². The molecule has 6 nitrogen and oxygen atoms in total. The van der Waals surface area contributed by atoms with Crippen LogP contribution >= 0.6 is 11.6 Å². The number of likely N-dealkylation sites (N-methyl/N-ethyl adjacent to an activating group) is 1. The number of amides is 1.